The van der Waals surface area contributed by atoms with Crippen molar-refractivity contribution < 1.29 is 9.53 Å². The second-order valence-corrected chi connectivity index (χ2v) is 5.08. The lowest BCUT2D eigenvalue weighted by Gasteiger charge is -2.21. The molecule has 16 heavy (non-hydrogen) atoms. The fourth-order valence-corrected chi connectivity index (χ4v) is 1.78. The molecule has 0 heterocycles. The van der Waals surface area contributed by atoms with E-state index in [1.54, 1.807) is 6.07 Å². The number of hydrogen-bond acceptors (Lipinski definition) is 3. The molecule has 0 aliphatic heterocycles. The molecule has 1 aromatic carbocycles. The molecule has 0 aliphatic rings. The van der Waals surface area contributed by atoms with Gasteiger partial charge in [0, 0.05) is 11.0 Å². The first kappa shape index (κ1) is 13.0. The Morgan fingerprint density at radius 3 is 2.56 bits per heavy atom. The molecule has 2 N–H and O–H groups in total. The minimum absolute atomic E-state index is 0.375. The van der Waals surface area contributed by atoms with Crippen LogP contribution in [-0.4, -0.2) is 11.6 Å². The average Bonchev–Trinajstić information content (AvgIpc) is 2.14. The van der Waals surface area contributed by atoms with Crippen molar-refractivity contribution in [1.82, 2.24) is 0 Å². The van der Waals surface area contributed by atoms with Gasteiger partial charge in [-0.25, -0.2) is 4.79 Å². The van der Waals surface area contributed by atoms with Gasteiger partial charge in [0.05, 0.1) is 5.56 Å². The molecule has 1 aromatic rings. The number of nitrogens with two attached hydrogens (primary N) is 1. The maximum atomic E-state index is 11.9. The summed E-state index contributed by atoms with van der Waals surface area (Å²) in [5.41, 5.74) is 7.03. The standard InChI is InChI=1S/C12H16BrNO2/c1-12(2,3)16-11(15)10-8(7-13)5-4-6-9(10)14/h4-6H,7,14H2,1-3H3. The predicted octanol–water partition coefficient (Wildman–Crippen LogP) is 3.12. The van der Waals surface area contributed by atoms with Crippen LogP contribution in [0.3, 0.4) is 0 Å². The van der Waals surface area contributed by atoms with Crippen LogP contribution in [0.2, 0.25) is 0 Å². The molecule has 0 spiro atoms. The van der Waals surface area contributed by atoms with E-state index in [9.17, 15) is 4.79 Å². The van der Waals surface area contributed by atoms with Gasteiger partial charge in [0.15, 0.2) is 0 Å². The van der Waals surface area contributed by atoms with Gasteiger partial charge >= 0.3 is 5.97 Å². The number of benzene rings is 1. The molecule has 0 saturated carbocycles. The molecule has 0 aliphatic carbocycles. The minimum atomic E-state index is -0.511. The van der Waals surface area contributed by atoms with Crippen molar-refractivity contribution >= 4 is 27.6 Å². The fourth-order valence-electron chi connectivity index (χ4n) is 1.31. The summed E-state index contributed by atoms with van der Waals surface area (Å²) in [6, 6.07) is 5.37. The van der Waals surface area contributed by atoms with Crippen LogP contribution in [0.5, 0.6) is 0 Å². The van der Waals surface area contributed by atoms with Gasteiger partial charge in [-0.3, -0.25) is 0 Å². The molecule has 3 nitrogen and oxygen atoms in total. The number of carbonyl (C=O) groups excluding carboxylic acids is 1. The highest BCUT2D eigenvalue weighted by Gasteiger charge is 2.21. The zero-order valence-corrected chi connectivity index (χ0v) is 11.3. The predicted molar refractivity (Wildman–Crippen MR) is 68.7 cm³/mol. The van der Waals surface area contributed by atoms with Crippen molar-refractivity contribution in [2.24, 2.45) is 0 Å². The van der Waals surface area contributed by atoms with E-state index >= 15 is 0 Å². The highest BCUT2D eigenvalue weighted by Crippen LogP contribution is 2.22. The first-order chi connectivity index (χ1) is 7.35. The van der Waals surface area contributed by atoms with Crippen LogP contribution in [0, 0.1) is 0 Å². The van der Waals surface area contributed by atoms with Crippen molar-refractivity contribution in [1.29, 1.82) is 0 Å². The largest absolute Gasteiger partial charge is 0.456 e. The Morgan fingerprint density at radius 2 is 2.06 bits per heavy atom. The van der Waals surface area contributed by atoms with E-state index in [4.69, 9.17) is 10.5 Å². The molecule has 0 amide bonds. The van der Waals surface area contributed by atoms with Crippen LogP contribution in [0.15, 0.2) is 18.2 Å². The zero-order chi connectivity index (χ0) is 12.3. The summed E-state index contributed by atoms with van der Waals surface area (Å²) in [5, 5.41) is 0.576. The number of rotatable bonds is 2. The van der Waals surface area contributed by atoms with E-state index in [1.165, 1.54) is 0 Å². The third kappa shape index (κ3) is 3.23. The number of ether oxygens (including phenoxy) is 1. The normalized spacial score (nSPS) is 11.2. The monoisotopic (exact) mass is 285 g/mol. The molecular weight excluding hydrogens is 270 g/mol. The number of halogens is 1. The number of esters is 1. The summed E-state index contributed by atoms with van der Waals surface area (Å²) in [5.74, 6) is -0.375. The molecule has 4 heteroatoms. The number of hydrogen-bond donors (Lipinski definition) is 1. The summed E-state index contributed by atoms with van der Waals surface area (Å²) < 4.78 is 5.31. The quantitative estimate of drug-likeness (QED) is 0.516. The van der Waals surface area contributed by atoms with Gasteiger partial charge in [-0.2, -0.15) is 0 Å². The topological polar surface area (TPSA) is 52.3 Å². The Kier molecular flexibility index (Phi) is 3.97. The second kappa shape index (κ2) is 4.87. The van der Waals surface area contributed by atoms with Crippen LogP contribution >= 0.6 is 15.9 Å². The molecule has 1 rings (SSSR count). The summed E-state index contributed by atoms with van der Waals surface area (Å²) in [6.45, 7) is 5.49. The van der Waals surface area contributed by atoms with Crippen LogP contribution in [0.4, 0.5) is 5.69 Å². The zero-order valence-electron chi connectivity index (χ0n) is 9.71. The summed E-state index contributed by atoms with van der Waals surface area (Å²) in [7, 11) is 0. The van der Waals surface area contributed by atoms with Gasteiger partial charge in [0.2, 0.25) is 0 Å². The molecule has 88 valence electrons. The van der Waals surface area contributed by atoms with Gasteiger partial charge in [-0.15, -0.1) is 0 Å². The highest BCUT2D eigenvalue weighted by atomic mass is 79.9. The smallest absolute Gasteiger partial charge is 0.341 e. The van der Waals surface area contributed by atoms with E-state index in [1.807, 2.05) is 32.9 Å². The van der Waals surface area contributed by atoms with E-state index in [0.717, 1.165) is 5.56 Å². The van der Waals surface area contributed by atoms with Gasteiger partial charge in [0.25, 0.3) is 0 Å². The van der Waals surface area contributed by atoms with Crippen LogP contribution in [0.1, 0.15) is 36.7 Å². The lowest BCUT2D eigenvalue weighted by atomic mass is 10.1. The molecule has 0 bridgehead atoms. The Hall–Kier alpha value is -1.03. The molecule has 0 radical (unpaired) electrons. The molecule has 0 unspecified atom stereocenters. The van der Waals surface area contributed by atoms with E-state index in [-0.39, 0.29) is 5.97 Å². The van der Waals surface area contributed by atoms with Crippen molar-refractivity contribution in [3.8, 4) is 0 Å². The Balaban J connectivity index is 3.08. The first-order valence-corrected chi connectivity index (χ1v) is 6.14. The maximum Gasteiger partial charge on any atom is 0.341 e. The molecular formula is C12H16BrNO2. The summed E-state index contributed by atoms with van der Waals surface area (Å²) in [4.78, 5) is 11.9. The number of nitrogen functional groups attached to an aromatic ring is 1. The summed E-state index contributed by atoms with van der Waals surface area (Å²) in [6.07, 6.45) is 0. The van der Waals surface area contributed by atoms with Gasteiger partial charge in [-0.1, -0.05) is 28.1 Å². The van der Waals surface area contributed by atoms with Crippen molar-refractivity contribution in [3.63, 3.8) is 0 Å². The third-order valence-corrected chi connectivity index (χ3v) is 2.53. The number of carbonyl (C=O) groups is 1. The average molecular weight is 286 g/mol. The molecule has 0 saturated heterocycles. The Bertz CT molecular complexity index is 396. The number of anilines is 1. The fraction of sp³-hybridized carbons (Fsp3) is 0.417. The van der Waals surface area contributed by atoms with E-state index < -0.39 is 5.60 Å². The minimum Gasteiger partial charge on any atom is -0.456 e. The lowest BCUT2D eigenvalue weighted by molar-refractivity contribution is 0.00700. The second-order valence-electron chi connectivity index (χ2n) is 4.52. The van der Waals surface area contributed by atoms with Crippen LogP contribution in [0.25, 0.3) is 0 Å². The SMILES string of the molecule is CC(C)(C)OC(=O)c1c(N)cccc1CBr. The van der Waals surface area contributed by atoms with Crippen molar-refractivity contribution in [2.75, 3.05) is 5.73 Å². The first-order valence-electron chi connectivity index (χ1n) is 5.02. The summed E-state index contributed by atoms with van der Waals surface area (Å²) >= 11 is 3.33. The van der Waals surface area contributed by atoms with Gasteiger partial charge in [0.1, 0.15) is 5.60 Å². The van der Waals surface area contributed by atoms with Crippen LogP contribution < -0.4 is 5.73 Å². The molecule has 0 fully saturated rings. The molecule has 0 aromatic heterocycles. The van der Waals surface area contributed by atoms with Crippen molar-refractivity contribution in [3.05, 3.63) is 29.3 Å². The Labute approximate surface area is 104 Å². The maximum absolute atomic E-state index is 11.9. The van der Waals surface area contributed by atoms with E-state index in [0.29, 0.717) is 16.6 Å². The highest BCUT2D eigenvalue weighted by molar-refractivity contribution is 9.08. The lowest BCUT2D eigenvalue weighted by Crippen LogP contribution is -2.25. The number of alkyl halides is 1. The van der Waals surface area contributed by atoms with Crippen molar-refractivity contribution in [2.45, 2.75) is 31.7 Å². The van der Waals surface area contributed by atoms with E-state index in [2.05, 4.69) is 15.9 Å². The third-order valence-electron chi connectivity index (χ3n) is 1.93. The van der Waals surface area contributed by atoms with Crippen LogP contribution in [-0.2, 0) is 10.1 Å². The van der Waals surface area contributed by atoms with Gasteiger partial charge in [-0.05, 0) is 32.4 Å². The Morgan fingerprint density at radius 1 is 1.44 bits per heavy atom. The van der Waals surface area contributed by atoms with Gasteiger partial charge < -0.3 is 10.5 Å². The molecule has 0 atom stereocenters.